The second-order valence-electron chi connectivity index (χ2n) is 4.05. The molecule has 6 nitrogen and oxygen atoms in total. The number of sulfonamides is 1. The lowest BCUT2D eigenvalue weighted by Crippen LogP contribution is -2.46. The zero-order valence-electron chi connectivity index (χ0n) is 10.6. The van der Waals surface area contributed by atoms with E-state index >= 15 is 0 Å². The molecule has 1 aromatic rings. The standard InChI is InChI=1S/C10H13F2NO5S2/c1-8(9-6-4-3-5-7-9)13(2)19(14,15)10(11,12)20(16,17)18/h3-8H,1-2H3,(H,16,17,18). The molecule has 1 atom stereocenters. The Morgan fingerprint density at radius 1 is 1.15 bits per heavy atom. The fraction of sp³-hybridized carbons (Fsp3) is 0.400. The van der Waals surface area contributed by atoms with Gasteiger partial charge in [0.2, 0.25) is 0 Å². The summed E-state index contributed by atoms with van der Waals surface area (Å²) in [5.41, 5.74) is 0.393. The summed E-state index contributed by atoms with van der Waals surface area (Å²) in [6, 6.07) is 6.77. The van der Waals surface area contributed by atoms with Crippen LogP contribution in [0.1, 0.15) is 18.5 Å². The molecule has 0 aromatic heterocycles. The zero-order valence-corrected chi connectivity index (χ0v) is 12.2. The van der Waals surface area contributed by atoms with E-state index in [1.165, 1.54) is 19.1 Å². The fourth-order valence-corrected chi connectivity index (χ4v) is 3.74. The van der Waals surface area contributed by atoms with Crippen molar-refractivity contribution >= 4 is 20.1 Å². The van der Waals surface area contributed by atoms with Gasteiger partial charge < -0.3 is 0 Å². The molecule has 0 amide bonds. The number of benzene rings is 1. The minimum absolute atomic E-state index is 0.204. The molecule has 0 fully saturated rings. The van der Waals surface area contributed by atoms with Crippen molar-refractivity contribution in [2.45, 2.75) is 17.6 Å². The molecule has 0 bridgehead atoms. The molecule has 0 aliphatic heterocycles. The van der Waals surface area contributed by atoms with Gasteiger partial charge in [-0.1, -0.05) is 30.3 Å². The summed E-state index contributed by atoms with van der Waals surface area (Å²) >= 11 is 0. The normalized spacial score (nSPS) is 15.3. The van der Waals surface area contributed by atoms with Crippen LogP contribution in [0.5, 0.6) is 0 Å². The van der Waals surface area contributed by atoms with Gasteiger partial charge in [-0.15, -0.1) is 0 Å². The highest BCUT2D eigenvalue weighted by Crippen LogP contribution is 2.34. The monoisotopic (exact) mass is 329 g/mol. The summed E-state index contributed by atoms with van der Waals surface area (Å²) in [5.74, 6) is 0. The maximum Gasteiger partial charge on any atom is 0.484 e. The zero-order chi connectivity index (χ0) is 15.8. The molecule has 20 heavy (non-hydrogen) atoms. The van der Waals surface area contributed by atoms with Crippen molar-refractivity contribution in [3.63, 3.8) is 0 Å². The molecule has 114 valence electrons. The molecule has 0 heterocycles. The van der Waals surface area contributed by atoms with Crippen LogP contribution in [0.15, 0.2) is 30.3 Å². The van der Waals surface area contributed by atoms with E-state index in [1.54, 1.807) is 18.2 Å². The predicted molar refractivity (Wildman–Crippen MR) is 68.0 cm³/mol. The van der Waals surface area contributed by atoms with Crippen molar-refractivity contribution in [2.75, 3.05) is 7.05 Å². The maximum atomic E-state index is 13.4. The molecule has 0 aliphatic carbocycles. The molecular weight excluding hydrogens is 316 g/mol. The van der Waals surface area contributed by atoms with Crippen molar-refractivity contribution < 1.29 is 30.2 Å². The average Bonchev–Trinajstić information content (AvgIpc) is 2.36. The molecule has 0 spiro atoms. The van der Waals surface area contributed by atoms with Gasteiger partial charge in [0.05, 0.1) is 0 Å². The van der Waals surface area contributed by atoms with Crippen molar-refractivity contribution in [3.8, 4) is 0 Å². The molecule has 0 saturated carbocycles. The van der Waals surface area contributed by atoms with Crippen molar-refractivity contribution in [1.82, 2.24) is 4.31 Å². The van der Waals surface area contributed by atoms with Crippen molar-refractivity contribution in [3.05, 3.63) is 35.9 Å². The maximum absolute atomic E-state index is 13.4. The summed E-state index contributed by atoms with van der Waals surface area (Å²) in [4.78, 5) is 0. The van der Waals surface area contributed by atoms with Gasteiger partial charge in [0.25, 0.3) is 10.0 Å². The number of alkyl halides is 2. The van der Waals surface area contributed by atoms with Gasteiger partial charge in [0.1, 0.15) is 0 Å². The molecule has 0 radical (unpaired) electrons. The van der Waals surface area contributed by atoms with Gasteiger partial charge in [0, 0.05) is 13.1 Å². The van der Waals surface area contributed by atoms with E-state index < -0.39 is 30.8 Å². The van der Waals surface area contributed by atoms with Gasteiger partial charge >= 0.3 is 14.7 Å². The van der Waals surface area contributed by atoms with Gasteiger partial charge in [-0.25, -0.2) is 8.42 Å². The van der Waals surface area contributed by atoms with Crippen LogP contribution in [-0.4, -0.2) is 37.3 Å². The molecule has 1 rings (SSSR count). The SMILES string of the molecule is CC(c1ccccc1)N(C)S(=O)(=O)C(F)(F)S(=O)(=O)O. The Labute approximate surface area is 115 Å². The number of nitrogens with zero attached hydrogens (tertiary/aromatic N) is 1. The van der Waals surface area contributed by atoms with E-state index in [1.807, 2.05) is 0 Å². The Hall–Kier alpha value is -1.10. The lowest BCUT2D eigenvalue weighted by molar-refractivity contribution is 0.154. The number of hydrogen-bond donors (Lipinski definition) is 1. The third-order valence-electron chi connectivity index (χ3n) is 2.81. The summed E-state index contributed by atoms with van der Waals surface area (Å²) in [7, 11) is -10.9. The van der Waals surface area contributed by atoms with Crippen LogP contribution in [-0.2, 0) is 20.1 Å². The van der Waals surface area contributed by atoms with E-state index in [-0.39, 0.29) is 4.31 Å². The van der Waals surface area contributed by atoms with Crippen LogP contribution >= 0.6 is 0 Å². The van der Waals surface area contributed by atoms with Crippen LogP contribution in [0.2, 0.25) is 0 Å². The van der Waals surface area contributed by atoms with E-state index in [0.717, 1.165) is 7.05 Å². The first kappa shape index (κ1) is 17.0. The topological polar surface area (TPSA) is 91.8 Å². The van der Waals surface area contributed by atoms with Crippen molar-refractivity contribution in [2.24, 2.45) is 0 Å². The quantitative estimate of drug-likeness (QED) is 0.826. The summed E-state index contributed by atoms with van der Waals surface area (Å²) in [6.07, 6.45) is 0. The molecular formula is C10H13F2NO5S2. The molecule has 0 saturated heterocycles. The first-order valence-electron chi connectivity index (χ1n) is 5.30. The third-order valence-corrected chi connectivity index (χ3v) is 6.35. The van der Waals surface area contributed by atoms with E-state index in [2.05, 4.69) is 0 Å². The lowest BCUT2D eigenvalue weighted by atomic mass is 10.1. The molecule has 0 aliphatic rings. The molecule has 1 aromatic carbocycles. The summed E-state index contributed by atoms with van der Waals surface area (Å²) < 4.78 is 74.5. The summed E-state index contributed by atoms with van der Waals surface area (Å²) in [6.45, 7) is 1.31. The highest BCUT2D eigenvalue weighted by atomic mass is 32.3. The second-order valence-corrected chi connectivity index (χ2v) is 7.81. The Balaban J connectivity index is 3.24. The minimum atomic E-state index is -6.08. The van der Waals surface area contributed by atoms with Crippen LogP contribution < -0.4 is 0 Å². The largest absolute Gasteiger partial charge is 0.484 e. The Morgan fingerprint density at radius 3 is 2.00 bits per heavy atom. The molecule has 1 N–H and O–H groups in total. The summed E-state index contributed by atoms with van der Waals surface area (Å²) in [5, 5.41) is 0. The van der Waals surface area contributed by atoms with Crippen LogP contribution in [0.4, 0.5) is 8.78 Å². The van der Waals surface area contributed by atoms with Crippen LogP contribution in [0, 0.1) is 0 Å². The first-order valence-corrected chi connectivity index (χ1v) is 8.18. The lowest BCUT2D eigenvalue weighted by Gasteiger charge is -2.27. The van der Waals surface area contributed by atoms with E-state index in [9.17, 15) is 25.6 Å². The highest BCUT2D eigenvalue weighted by Gasteiger charge is 2.60. The minimum Gasteiger partial charge on any atom is -0.280 e. The van der Waals surface area contributed by atoms with Gasteiger partial charge in [-0.2, -0.15) is 21.5 Å². The van der Waals surface area contributed by atoms with Gasteiger partial charge in [-0.05, 0) is 12.5 Å². The predicted octanol–water partition coefficient (Wildman–Crippen LogP) is 1.45. The van der Waals surface area contributed by atoms with Crippen molar-refractivity contribution in [1.29, 1.82) is 0 Å². The Kier molecular flexibility index (Phi) is 4.54. The number of rotatable bonds is 5. The Bertz CT molecular complexity index is 673. The number of halogens is 2. The average molecular weight is 329 g/mol. The fourth-order valence-electron chi connectivity index (χ4n) is 1.45. The first-order chi connectivity index (χ1) is 8.93. The van der Waals surface area contributed by atoms with Gasteiger partial charge in [-0.3, -0.25) is 4.55 Å². The third kappa shape index (κ3) is 2.82. The Morgan fingerprint density at radius 2 is 1.60 bits per heavy atom. The van der Waals surface area contributed by atoms with Gasteiger partial charge in [0.15, 0.2) is 0 Å². The molecule has 1 unspecified atom stereocenters. The number of hydrogen-bond acceptors (Lipinski definition) is 4. The highest BCUT2D eigenvalue weighted by molar-refractivity contribution is 8.06. The van der Waals surface area contributed by atoms with E-state index in [4.69, 9.17) is 4.55 Å². The molecule has 10 heteroatoms. The van der Waals surface area contributed by atoms with E-state index in [0.29, 0.717) is 5.56 Å². The van der Waals surface area contributed by atoms with Crippen LogP contribution in [0.3, 0.4) is 0 Å². The van der Waals surface area contributed by atoms with Crippen LogP contribution in [0.25, 0.3) is 0 Å². The smallest absolute Gasteiger partial charge is 0.280 e. The second kappa shape index (κ2) is 5.35.